The fourth-order valence-electron chi connectivity index (χ4n) is 4.02. The van der Waals surface area contributed by atoms with E-state index in [1.54, 1.807) is 0 Å². The van der Waals surface area contributed by atoms with E-state index < -0.39 is 21.8 Å². The summed E-state index contributed by atoms with van der Waals surface area (Å²) < 4.78 is 64.9. The molecule has 2 fully saturated rings. The van der Waals surface area contributed by atoms with Crippen molar-refractivity contribution in [3.8, 4) is 0 Å². The molecule has 0 radical (unpaired) electrons. The molecule has 4 nitrogen and oxygen atoms in total. The predicted octanol–water partition coefficient (Wildman–Crippen LogP) is 3.10. The second-order valence-electron chi connectivity index (χ2n) is 7.27. The van der Waals surface area contributed by atoms with Crippen LogP contribution in [0.4, 0.5) is 13.2 Å². The van der Waals surface area contributed by atoms with Gasteiger partial charge in [0.25, 0.3) is 0 Å². The molecule has 3 rings (SSSR count). The van der Waals surface area contributed by atoms with Gasteiger partial charge in [-0.15, -0.1) is 0 Å². The summed E-state index contributed by atoms with van der Waals surface area (Å²) in [5, 5.41) is 3.50. The lowest BCUT2D eigenvalue weighted by atomic mass is 9.97. The van der Waals surface area contributed by atoms with E-state index in [9.17, 15) is 21.6 Å². The van der Waals surface area contributed by atoms with Crippen LogP contribution in [0.25, 0.3) is 0 Å². The number of benzene rings is 1. The van der Waals surface area contributed by atoms with Crippen molar-refractivity contribution in [2.24, 2.45) is 11.8 Å². The van der Waals surface area contributed by atoms with E-state index in [4.69, 9.17) is 0 Å². The van der Waals surface area contributed by atoms with E-state index in [0.29, 0.717) is 31.1 Å². The first-order valence-electron chi connectivity index (χ1n) is 8.52. The van der Waals surface area contributed by atoms with Crippen molar-refractivity contribution in [3.63, 3.8) is 0 Å². The Morgan fingerprint density at radius 2 is 1.76 bits per heavy atom. The number of nitrogens with zero attached hydrogens (tertiary/aromatic N) is 1. The number of rotatable bonds is 4. The highest BCUT2D eigenvalue weighted by molar-refractivity contribution is 7.89. The Morgan fingerprint density at radius 1 is 1.12 bits per heavy atom. The molecule has 1 aromatic rings. The maximum atomic E-state index is 12.8. The zero-order chi connectivity index (χ0) is 18.4. The zero-order valence-corrected chi connectivity index (χ0v) is 15.1. The third-order valence-electron chi connectivity index (χ3n) is 5.19. The number of alkyl halides is 3. The number of fused-ring (bicyclic) bond motifs is 1. The van der Waals surface area contributed by atoms with Crippen LogP contribution in [0.15, 0.2) is 29.2 Å². The molecule has 1 saturated heterocycles. The molecule has 8 heteroatoms. The topological polar surface area (TPSA) is 49.4 Å². The highest BCUT2D eigenvalue weighted by Gasteiger charge is 2.46. The summed E-state index contributed by atoms with van der Waals surface area (Å²) in [5.74, 6) is 0.590. The van der Waals surface area contributed by atoms with Crippen LogP contribution in [0.5, 0.6) is 0 Å². The maximum Gasteiger partial charge on any atom is 0.416 e. The van der Waals surface area contributed by atoms with Crippen molar-refractivity contribution in [3.05, 3.63) is 29.8 Å². The Balaban J connectivity index is 1.76. The van der Waals surface area contributed by atoms with E-state index in [-0.39, 0.29) is 10.8 Å². The molecule has 25 heavy (non-hydrogen) atoms. The van der Waals surface area contributed by atoms with Crippen LogP contribution in [0, 0.1) is 11.8 Å². The molecule has 1 N–H and O–H groups in total. The zero-order valence-electron chi connectivity index (χ0n) is 14.3. The highest BCUT2D eigenvalue weighted by atomic mass is 32.2. The Labute approximate surface area is 146 Å². The fraction of sp³-hybridized carbons (Fsp3) is 0.647. The minimum Gasteiger partial charge on any atom is -0.311 e. The molecule has 0 amide bonds. The molecule has 0 spiro atoms. The number of halogens is 3. The number of nitrogens with one attached hydrogen (secondary N) is 1. The van der Waals surface area contributed by atoms with Gasteiger partial charge < -0.3 is 5.32 Å². The lowest BCUT2D eigenvalue weighted by Crippen LogP contribution is -2.40. The Morgan fingerprint density at radius 3 is 2.32 bits per heavy atom. The first kappa shape index (κ1) is 18.7. The van der Waals surface area contributed by atoms with Crippen molar-refractivity contribution in [1.82, 2.24) is 9.62 Å². The lowest BCUT2D eigenvalue weighted by molar-refractivity contribution is -0.137. The number of sulfonamides is 1. The van der Waals surface area contributed by atoms with Gasteiger partial charge in [-0.25, -0.2) is 8.42 Å². The molecule has 1 aliphatic carbocycles. The molecular weight excluding hydrogens is 353 g/mol. The summed E-state index contributed by atoms with van der Waals surface area (Å²) in [4.78, 5) is -0.0751. The van der Waals surface area contributed by atoms with E-state index in [0.717, 1.165) is 37.1 Å². The highest BCUT2D eigenvalue weighted by Crippen LogP contribution is 2.40. The summed E-state index contributed by atoms with van der Waals surface area (Å²) in [6.07, 6.45) is -2.45. The maximum absolute atomic E-state index is 12.8. The molecule has 1 saturated carbocycles. The largest absolute Gasteiger partial charge is 0.416 e. The molecule has 0 aromatic heterocycles. The molecule has 1 heterocycles. The first-order valence-corrected chi connectivity index (χ1v) is 9.96. The molecule has 1 aliphatic heterocycles. The van der Waals surface area contributed by atoms with Crippen LogP contribution >= 0.6 is 0 Å². The minimum absolute atomic E-state index is 0.0751. The van der Waals surface area contributed by atoms with Gasteiger partial charge in [-0.05, 0) is 48.9 Å². The quantitative estimate of drug-likeness (QED) is 0.879. The first-order chi connectivity index (χ1) is 11.6. The summed E-state index contributed by atoms with van der Waals surface area (Å²) in [7, 11) is -3.76. The Hall–Kier alpha value is -1.12. The van der Waals surface area contributed by atoms with Gasteiger partial charge in [0.1, 0.15) is 0 Å². The van der Waals surface area contributed by atoms with Crippen molar-refractivity contribution in [1.29, 1.82) is 0 Å². The lowest BCUT2D eigenvalue weighted by Gasteiger charge is -2.23. The molecule has 1 aromatic carbocycles. The van der Waals surface area contributed by atoms with Gasteiger partial charge in [0.2, 0.25) is 10.0 Å². The van der Waals surface area contributed by atoms with E-state index in [1.807, 2.05) is 0 Å². The van der Waals surface area contributed by atoms with Crippen molar-refractivity contribution >= 4 is 10.0 Å². The van der Waals surface area contributed by atoms with Crippen LogP contribution < -0.4 is 5.32 Å². The summed E-state index contributed by atoms with van der Waals surface area (Å²) in [5.41, 5.74) is -0.842. The Kier molecular flexibility index (Phi) is 4.89. The van der Waals surface area contributed by atoms with Crippen LogP contribution in [0.2, 0.25) is 0 Å². The van der Waals surface area contributed by atoms with Crippen LogP contribution in [0.1, 0.15) is 32.3 Å². The molecule has 3 atom stereocenters. The van der Waals surface area contributed by atoms with Gasteiger partial charge in [-0.3, -0.25) is 0 Å². The molecule has 140 valence electrons. The van der Waals surface area contributed by atoms with Gasteiger partial charge in [0, 0.05) is 25.2 Å². The second-order valence-corrected chi connectivity index (χ2v) is 9.21. The van der Waals surface area contributed by atoms with E-state index in [2.05, 4.69) is 19.2 Å². The standard InChI is InChI=1S/C17H23F3N2O2S/c1-11(2)21-16-8-3-12-9-22(10-15(12)16)25(23,24)14-6-4-13(5-7-14)17(18,19)20/h4-7,11-12,15-16,21H,3,8-10H2,1-2H3/t12-,15+,16+/m1/s1. The van der Waals surface area contributed by atoms with Gasteiger partial charge >= 0.3 is 6.18 Å². The van der Waals surface area contributed by atoms with E-state index >= 15 is 0 Å². The van der Waals surface area contributed by atoms with Gasteiger partial charge in [0.05, 0.1) is 10.5 Å². The predicted molar refractivity (Wildman–Crippen MR) is 88.5 cm³/mol. The second kappa shape index (κ2) is 6.55. The van der Waals surface area contributed by atoms with Crippen LogP contribution in [-0.2, 0) is 16.2 Å². The summed E-state index contributed by atoms with van der Waals surface area (Å²) in [6, 6.07) is 4.40. The molecule has 2 aliphatic rings. The third-order valence-corrected chi connectivity index (χ3v) is 7.04. The Bertz CT molecular complexity index is 716. The minimum atomic E-state index is -4.47. The average molecular weight is 376 g/mol. The van der Waals surface area contributed by atoms with Crippen LogP contribution in [-0.4, -0.2) is 37.9 Å². The van der Waals surface area contributed by atoms with Crippen LogP contribution in [0.3, 0.4) is 0 Å². The van der Waals surface area contributed by atoms with Gasteiger partial charge in [0.15, 0.2) is 0 Å². The number of hydrogen-bond acceptors (Lipinski definition) is 3. The molecule has 0 unspecified atom stereocenters. The molecule has 0 bridgehead atoms. The van der Waals surface area contributed by atoms with Gasteiger partial charge in [-0.2, -0.15) is 17.5 Å². The molecular formula is C17H23F3N2O2S. The fourth-order valence-corrected chi connectivity index (χ4v) is 5.56. The normalized spacial score (nSPS) is 27.8. The van der Waals surface area contributed by atoms with E-state index in [1.165, 1.54) is 4.31 Å². The van der Waals surface area contributed by atoms with Crippen molar-refractivity contribution in [2.45, 2.75) is 49.8 Å². The van der Waals surface area contributed by atoms with Crippen molar-refractivity contribution in [2.75, 3.05) is 13.1 Å². The van der Waals surface area contributed by atoms with Gasteiger partial charge in [-0.1, -0.05) is 13.8 Å². The summed E-state index contributed by atoms with van der Waals surface area (Å²) >= 11 is 0. The number of hydrogen-bond donors (Lipinski definition) is 1. The SMILES string of the molecule is CC(C)N[C@H]1CC[C@@H]2CN(S(=O)(=O)c3ccc(C(F)(F)F)cc3)C[C@@H]21. The average Bonchev–Trinajstić information content (AvgIpc) is 3.09. The van der Waals surface area contributed by atoms with Crippen molar-refractivity contribution < 1.29 is 21.6 Å². The monoisotopic (exact) mass is 376 g/mol. The smallest absolute Gasteiger partial charge is 0.311 e. The summed E-state index contributed by atoms with van der Waals surface area (Å²) in [6.45, 7) is 5.01. The third kappa shape index (κ3) is 3.71.